The number of anilines is 1. The predicted molar refractivity (Wildman–Crippen MR) is 106 cm³/mol. The van der Waals surface area contributed by atoms with Crippen LogP contribution < -0.4 is 9.62 Å². The molecule has 2 aromatic rings. The SMILES string of the molecule is Cc1ccc(N([C@H](C)C(=O)NCc2ccc(Cl)cc2)S(C)(=O)=O)cc1Cl. The summed E-state index contributed by atoms with van der Waals surface area (Å²) in [6.07, 6.45) is 1.06. The molecule has 0 fully saturated rings. The Balaban J connectivity index is 2.20. The van der Waals surface area contributed by atoms with Crippen molar-refractivity contribution >= 4 is 44.8 Å². The van der Waals surface area contributed by atoms with Crippen molar-refractivity contribution in [2.24, 2.45) is 0 Å². The van der Waals surface area contributed by atoms with Crippen LogP contribution >= 0.6 is 23.2 Å². The van der Waals surface area contributed by atoms with Crippen LogP contribution in [0.15, 0.2) is 42.5 Å². The molecule has 8 heteroatoms. The number of benzene rings is 2. The van der Waals surface area contributed by atoms with Gasteiger partial charge in [0.25, 0.3) is 0 Å². The highest BCUT2D eigenvalue weighted by Gasteiger charge is 2.29. The maximum Gasteiger partial charge on any atom is 0.243 e. The molecule has 0 spiro atoms. The second-order valence-corrected chi connectivity index (χ2v) is 8.72. The number of hydrogen-bond acceptors (Lipinski definition) is 3. The first-order valence-corrected chi connectivity index (χ1v) is 10.5. The number of nitrogens with one attached hydrogen (secondary N) is 1. The second kappa shape index (κ2) is 8.29. The van der Waals surface area contributed by atoms with Gasteiger partial charge in [-0.3, -0.25) is 9.10 Å². The first-order valence-electron chi connectivity index (χ1n) is 7.87. The van der Waals surface area contributed by atoms with Gasteiger partial charge in [-0.25, -0.2) is 8.42 Å². The Hall–Kier alpha value is -1.76. The molecule has 0 aliphatic heterocycles. The highest BCUT2D eigenvalue weighted by molar-refractivity contribution is 7.92. The Morgan fingerprint density at radius 2 is 1.77 bits per heavy atom. The minimum atomic E-state index is -3.68. The molecule has 0 saturated carbocycles. The van der Waals surface area contributed by atoms with Gasteiger partial charge in [0.05, 0.1) is 11.9 Å². The number of nitrogens with zero attached hydrogens (tertiary/aromatic N) is 1. The molecule has 1 N–H and O–H groups in total. The zero-order chi connectivity index (χ0) is 19.5. The van der Waals surface area contributed by atoms with Crippen LogP contribution in [0.25, 0.3) is 0 Å². The predicted octanol–water partition coefficient (Wildman–Crippen LogP) is 3.77. The molecule has 0 heterocycles. The molecule has 2 rings (SSSR count). The molecular weight excluding hydrogens is 395 g/mol. The third-order valence-electron chi connectivity index (χ3n) is 3.88. The number of rotatable bonds is 6. The molecule has 1 atom stereocenters. The second-order valence-electron chi connectivity index (χ2n) is 6.01. The average Bonchev–Trinajstić information content (AvgIpc) is 2.56. The minimum Gasteiger partial charge on any atom is -0.350 e. The van der Waals surface area contributed by atoms with E-state index in [1.807, 2.05) is 6.92 Å². The fourth-order valence-corrected chi connectivity index (χ4v) is 3.93. The average molecular weight is 415 g/mol. The van der Waals surface area contributed by atoms with Gasteiger partial charge in [0.2, 0.25) is 15.9 Å². The number of hydrogen-bond donors (Lipinski definition) is 1. The highest BCUT2D eigenvalue weighted by Crippen LogP contribution is 2.26. The summed E-state index contributed by atoms with van der Waals surface area (Å²) in [5.74, 6) is -0.415. The van der Waals surface area contributed by atoms with Gasteiger partial charge >= 0.3 is 0 Å². The topological polar surface area (TPSA) is 66.5 Å². The number of carbonyl (C=O) groups is 1. The monoisotopic (exact) mass is 414 g/mol. The Morgan fingerprint density at radius 1 is 1.15 bits per heavy atom. The molecule has 0 aliphatic carbocycles. The van der Waals surface area contributed by atoms with E-state index >= 15 is 0 Å². The standard InChI is InChI=1S/C18H20Cl2N2O3S/c1-12-4-9-16(10-17(12)20)22(26(3,24)25)13(2)18(23)21-11-14-5-7-15(19)8-6-14/h4-10,13H,11H2,1-3H3,(H,21,23)/t13-/m1/s1. The van der Waals surface area contributed by atoms with E-state index in [4.69, 9.17) is 23.2 Å². The number of aryl methyl sites for hydroxylation is 1. The van der Waals surface area contributed by atoms with Crippen molar-refractivity contribution in [3.05, 3.63) is 63.6 Å². The normalized spacial score (nSPS) is 12.5. The molecule has 0 unspecified atom stereocenters. The largest absolute Gasteiger partial charge is 0.350 e. The highest BCUT2D eigenvalue weighted by atomic mass is 35.5. The zero-order valence-electron chi connectivity index (χ0n) is 14.7. The maximum atomic E-state index is 12.5. The van der Waals surface area contributed by atoms with Crippen LogP contribution in [0.1, 0.15) is 18.1 Å². The summed E-state index contributed by atoms with van der Waals surface area (Å²) >= 11 is 12.0. The lowest BCUT2D eigenvalue weighted by molar-refractivity contribution is -0.122. The van der Waals surface area contributed by atoms with E-state index in [0.717, 1.165) is 21.7 Å². The third-order valence-corrected chi connectivity index (χ3v) is 5.78. The van der Waals surface area contributed by atoms with Crippen LogP contribution in [0.2, 0.25) is 10.0 Å². The fourth-order valence-electron chi connectivity index (χ4n) is 2.47. The first kappa shape index (κ1) is 20.6. The lowest BCUT2D eigenvalue weighted by atomic mass is 10.2. The molecular formula is C18H20Cl2N2O3S. The van der Waals surface area contributed by atoms with Crippen LogP contribution in [0.5, 0.6) is 0 Å². The molecule has 0 aliphatic rings. The van der Waals surface area contributed by atoms with E-state index in [1.165, 1.54) is 6.92 Å². The van der Waals surface area contributed by atoms with Gasteiger partial charge < -0.3 is 5.32 Å². The first-order chi connectivity index (χ1) is 12.1. The zero-order valence-corrected chi connectivity index (χ0v) is 17.0. The van der Waals surface area contributed by atoms with Crippen LogP contribution in [-0.2, 0) is 21.4 Å². The Morgan fingerprint density at radius 3 is 2.31 bits per heavy atom. The lowest BCUT2D eigenvalue weighted by Crippen LogP contribution is -2.47. The summed E-state index contributed by atoms with van der Waals surface area (Å²) < 4.78 is 25.6. The number of halogens is 2. The summed E-state index contributed by atoms with van der Waals surface area (Å²) in [5.41, 5.74) is 2.03. The fraction of sp³-hybridized carbons (Fsp3) is 0.278. The molecule has 2 aromatic carbocycles. The molecule has 0 aromatic heterocycles. The van der Waals surface area contributed by atoms with Gasteiger partial charge in [-0.1, -0.05) is 41.4 Å². The van der Waals surface area contributed by atoms with Crippen LogP contribution in [0.4, 0.5) is 5.69 Å². The van der Waals surface area contributed by atoms with E-state index in [0.29, 0.717) is 15.7 Å². The van der Waals surface area contributed by atoms with Crippen LogP contribution in [0, 0.1) is 6.92 Å². The van der Waals surface area contributed by atoms with E-state index in [-0.39, 0.29) is 6.54 Å². The summed E-state index contributed by atoms with van der Waals surface area (Å²) in [6.45, 7) is 3.62. The van der Waals surface area contributed by atoms with Crippen molar-refractivity contribution in [1.29, 1.82) is 0 Å². The van der Waals surface area contributed by atoms with Gasteiger partial charge in [-0.2, -0.15) is 0 Å². The number of carbonyl (C=O) groups excluding carboxylic acids is 1. The van der Waals surface area contributed by atoms with Crippen molar-refractivity contribution < 1.29 is 13.2 Å². The maximum absolute atomic E-state index is 12.5. The molecule has 0 radical (unpaired) electrons. The van der Waals surface area contributed by atoms with Crippen molar-refractivity contribution in [3.63, 3.8) is 0 Å². The third kappa shape index (κ3) is 5.13. The molecule has 5 nitrogen and oxygen atoms in total. The Bertz CT molecular complexity index is 899. The van der Waals surface area contributed by atoms with E-state index in [2.05, 4.69) is 5.32 Å². The van der Waals surface area contributed by atoms with E-state index in [9.17, 15) is 13.2 Å². The molecule has 26 heavy (non-hydrogen) atoms. The van der Waals surface area contributed by atoms with Crippen molar-refractivity contribution in [2.45, 2.75) is 26.4 Å². The van der Waals surface area contributed by atoms with Gasteiger partial charge in [-0.15, -0.1) is 0 Å². The van der Waals surface area contributed by atoms with Gasteiger partial charge in [-0.05, 0) is 49.2 Å². The summed E-state index contributed by atoms with van der Waals surface area (Å²) in [4.78, 5) is 12.5. The van der Waals surface area contributed by atoms with Crippen LogP contribution in [0.3, 0.4) is 0 Å². The summed E-state index contributed by atoms with van der Waals surface area (Å²) in [6, 6.07) is 11.0. The Kier molecular flexibility index (Phi) is 6.55. The van der Waals surface area contributed by atoms with Gasteiger partial charge in [0, 0.05) is 16.6 Å². The van der Waals surface area contributed by atoms with E-state index < -0.39 is 22.0 Å². The lowest BCUT2D eigenvalue weighted by Gasteiger charge is -2.28. The molecule has 1 amide bonds. The quantitative estimate of drug-likeness (QED) is 0.781. The van der Waals surface area contributed by atoms with Gasteiger partial charge in [0.15, 0.2) is 0 Å². The van der Waals surface area contributed by atoms with Crippen molar-refractivity contribution in [3.8, 4) is 0 Å². The number of sulfonamides is 1. The van der Waals surface area contributed by atoms with E-state index in [1.54, 1.807) is 42.5 Å². The number of amides is 1. The van der Waals surface area contributed by atoms with Crippen molar-refractivity contribution in [1.82, 2.24) is 5.32 Å². The summed E-state index contributed by atoms with van der Waals surface area (Å²) in [5, 5.41) is 3.79. The van der Waals surface area contributed by atoms with Crippen LogP contribution in [-0.4, -0.2) is 26.6 Å². The molecule has 0 bridgehead atoms. The minimum absolute atomic E-state index is 0.270. The Labute approximate surface area is 164 Å². The summed E-state index contributed by atoms with van der Waals surface area (Å²) in [7, 11) is -3.68. The van der Waals surface area contributed by atoms with Crippen molar-refractivity contribution in [2.75, 3.05) is 10.6 Å². The smallest absolute Gasteiger partial charge is 0.243 e. The molecule has 0 saturated heterocycles. The molecule has 140 valence electrons. The van der Waals surface area contributed by atoms with Gasteiger partial charge in [0.1, 0.15) is 6.04 Å².